The van der Waals surface area contributed by atoms with Gasteiger partial charge in [-0.05, 0) is 49.3 Å². The number of benzene rings is 1. The van der Waals surface area contributed by atoms with Crippen LogP contribution in [0.5, 0.6) is 0 Å². The van der Waals surface area contributed by atoms with Gasteiger partial charge < -0.3 is 5.73 Å². The van der Waals surface area contributed by atoms with Crippen molar-refractivity contribution in [1.82, 2.24) is 5.43 Å². The van der Waals surface area contributed by atoms with Crippen LogP contribution in [0.4, 0.5) is 5.69 Å². The molecular formula is C13H19N3O. The van der Waals surface area contributed by atoms with Crippen LogP contribution in [-0.4, -0.2) is 5.91 Å². The minimum absolute atomic E-state index is 0.0315. The maximum Gasteiger partial charge on any atom is 0.236 e. The number of hydrazine groups is 1. The highest BCUT2D eigenvalue weighted by molar-refractivity contribution is 5.78. The van der Waals surface area contributed by atoms with E-state index in [4.69, 9.17) is 11.6 Å². The summed E-state index contributed by atoms with van der Waals surface area (Å²) in [5.74, 6) is 5.73. The van der Waals surface area contributed by atoms with E-state index in [2.05, 4.69) is 11.5 Å². The molecule has 17 heavy (non-hydrogen) atoms. The van der Waals surface area contributed by atoms with Gasteiger partial charge in [-0.25, -0.2) is 5.84 Å². The molecular weight excluding hydrogens is 214 g/mol. The zero-order chi connectivity index (χ0) is 12.3. The van der Waals surface area contributed by atoms with E-state index in [0.29, 0.717) is 5.92 Å². The molecule has 92 valence electrons. The SMILES string of the molecule is NNC(=O)C1CCC(c2cccc(N)c2)CC1. The minimum atomic E-state index is -0.0315. The van der Waals surface area contributed by atoms with E-state index in [1.54, 1.807) is 0 Å². The fourth-order valence-electron chi connectivity index (χ4n) is 2.62. The van der Waals surface area contributed by atoms with Crippen molar-refractivity contribution in [2.24, 2.45) is 11.8 Å². The molecule has 4 heteroatoms. The number of nitrogens with one attached hydrogen (secondary N) is 1. The van der Waals surface area contributed by atoms with E-state index in [-0.39, 0.29) is 11.8 Å². The Hall–Kier alpha value is -1.55. The Labute approximate surface area is 101 Å². The third kappa shape index (κ3) is 2.77. The zero-order valence-corrected chi connectivity index (χ0v) is 9.86. The maximum atomic E-state index is 11.4. The number of nitrogen functional groups attached to an aromatic ring is 1. The van der Waals surface area contributed by atoms with Crippen LogP contribution in [0, 0.1) is 5.92 Å². The van der Waals surface area contributed by atoms with Crippen molar-refractivity contribution in [2.75, 3.05) is 5.73 Å². The maximum absolute atomic E-state index is 11.4. The van der Waals surface area contributed by atoms with Crippen molar-refractivity contribution >= 4 is 11.6 Å². The largest absolute Gasteiger partial charge is 0.399 e. The van der Waals surface area contributed by atoms with E-state index < -0.39 is 0 Å². The number of rotatable bonds is 2. The number of nitrogens with two attached hydrogens (primary N) is 2. The van der Waals surface area contributed by atoms with Crippen LogP contribution in [-0.2, 0) is 4.79 Å². The average molecular weight is 233 g/mol. The Morgan fingerprint density at radius 2 is 1.94 bits per heavy atom. The Morgan fingerprint density at radius 1 is 1.24 bits per heavy atom. The lowest BCUT2D eigenvalue weighted by molar-refractivity contribution is -0.126. The van der Waals surface area contributed by atoms with Gasteiger partial charge in [-0.2, -0.15) is 0 Å². The van der Waals surface area contributed by atoms with Crippen molar-refractivity contribution in [3.05, 3.63) is 29.8 Å². The van der Waals surface area contributed by atoms with Crippen molar-refractivity contribution < 1.29 is 4.79 Å². The summed E-state index contributed by atoms with van der Waals surface area (Å²) in [7, 11) is 0. The fraction of sp³-hybridized carbons (Fsp3) is 0.462. The number of carbonyl (C=O) groups excluding carboxylic acids is 1. The molecule has 1 saturated carbocycles. The predicted molar refractivity (Wildman–Crippen MR) is 67.9 cm³/mol. The summed E-state index contributed by atoms with van der Waals surface area (Å²) in [6.07, 6.45) is 3.87. The molecule has 0 unspecified atom stereocenters. The fourth-order valence-corrected chi connectivity index (χ4v) is 2.62. The van der Waals surface area contributed by atoms with Crippen LogP contribution in [0.15, 0.2) is 24.3 Å². The van der Waals surface area contributed by atoms with Gasteiger partial charge in [0.15, 0.2) is 0 Å². The van der Waals surface area contributed by atoms with Gasteiger partial charge in [-0.15, -0.1) is 0 Å². The second-order valence-electron chi connectivity index (χ2n) is 4.73. The van der Waals surface area contributed by atoms with E-state index in [1.807, 2.05) is 18.2 Å². The Bertz CT molecular complexity index is 397. The highest BCUT2D eigenvalue weighted by Gasteiger charge is 2.26. The van der Waals surface area contributed by atoms with E-state index >= 15 is 0 Å². The highest BCUT2D eigenvalue weighted by atomic mass is 16.2. The first-order chi connectivity index (χ1) is 8.20. The number of hydrogen-bond acceptors (Lipinski definition) is 3. The smallest absolute Gasteiger partial charge is 0.236 e. The zero-order valence-electron chi connectivity index (χ0n) is 9.86. The average Bonchev–Trinajstić information content (AvgIpc) is 2.38. The first-order valence-corrected chi connectivity index (χ1v) is 6.06. The van der Waals surface area contributed by atoms with E-state index in [0.717, 1.165) is 31.4 Å². The summed E-state index contributed by atoms with van der Waals surface area (Å²) < 4.78 is 0. The van der Waals surface area contributed by atoms with Gasteiger partial charge in [0.1, 0.15) is 0 Å². The first kappa shape index (κ1) is 11.9. The molecule has 1 amide bonds. The normalized spacial score (nSPS) is 24.3. The number of amides is 1. The molecule has 2 rings (SSSR count). The molecule has 5 N–H and O–H groups in total. The quantitative estimate of drug-likeness (QED) is 0.313. The molecule has 0 radical (unpaired) electrons. The molecule has 1 aromatic rings. The summed E-state index contributed by atoms with van der Waals surface area (Å²) in [4.78, 5) is 11.4. The monoisotopic (exact) mass is 233 g/mol. The van der Waals surface area contributed by atoms with E-state index in [1.165, 1.54) is 5.56 Å². The van der Waals surface area contributed by atoms with Gasteiger partial charge >= 0.3 is 0 Å². The van der Waals surface area contributed by atoms with E-state index in [9.17, 15) is 4.79 Å². The number of carbonyl (C=O) groups is 1. The predicted octanol–water partition coefficient (Wildman–Crippen LogP) is 1.53. The topological polar surface area (TPSA) is 81.1 Å². The summed E-state index contributed by atoms with van der Waals surface area (Å²) in [5.41, 5.74) is 10.1. The van der Waals surface area contributed by atoms with Crippen molar-refractivity contribution in [3.8, 4) is 0 Å². The van der Waals surface area contributed by atoms with Crippen LogP contribution in [0.25, 0.3) is 0 Å². The van der Waals surface area contributed by atoms with Gasteiger partial charge in [-0.3, -0.25) is 10.2 Å². The number of hydrogen-bond donors (Lipinski definition) is 3. The molecule has 0 aliphatic heterocycles. The second-order valence-corrected chi connectivity index (χ2v) is 4.73. The number of anilines is 1. The molecule has 0 aromatic heterocycles. The standard InChI is InChI=1S/C13H19N3O/c14-12-3-1-2-11(8-12)9-4-6-10(7-5-9)13(17)16-15/h1-3,8-10H,4-7,14-15H2,(H,16,17). The van der Waals surface area contributed by atoms with Crippen molar-refractivity contribution in [3.63, 3.8) is 0 Å². The highest BCUT2D eigenvalue weighted by Crippen LogP contribution is 2.36. The van der Waals surface area contributed by atoms with Gasteiger partial charge in [-0.1, -0.05) is 12.1 Å². The Kier molecular flexibility index (Phi) is 3.64. The Balaban J connectivity index is 1.97. The first-order valence-electron chi connectivity index (χ1n) is 6.06. The van der Waals surface area contributed by atoms with Crippen LogP contribution >= 0.6 is 0 Å². The van der Waals surface area contributed by atoms with Crippen LogP contribution in [0.2, 0.25) is 0 Å². The van der Waals surface area contributed by atoms with Crippen molar-refractivity contribution in [1.29, 1.82) is 0 Å². The van der Waals surface area contributed by atoms with Crippen LogP contribution in [0.3, 0.4) is 0 Å². The summed E-state index contributed by atoms with van der Waals surface area (Å²) in [5, 5.41) is 0. The second kappa shape index (κ2) is 5.19. The lowest BCUT2D eigenvalue weighted by atomic mass is 9.78. The van der Waals surface area contributed by atoms with Crippen LogP contribution in [0.1, 0.15) is 37.2 Å². The Morgan fingerprint density at radius 3 is 2.53 bits per heavy atom. The molecule has 1 aromatic carbocycles. The lowest BCUT2D eigenvalue weighted by Gasteiger charge is -2.27. The van der Waals surface area contributed by atoms with Crippen LogP contribution < -0.4 is 17.0 Å². The molecule has 4 nitrogen and oxygen atoms in total. The van der Waals surface area contributed by atoms with Gasteiger partial charge in [0.2, 0.25) is 5.91 Å². The molecule has 0 atom stereocenters. The lowest BCUT2D eigenvalue weighted by Crippen LogP contribution is -2.37. The van der Waals surface area contributed by atoms with Gasteiger partial charge in [0, 0.05) is 11.6 Å². The summed E-state index contributed by atoms with van der Waals surface area (Å²) in [6, 6.07) is 8.04. The van der Waals surface area contributed by atoms with Gasteiger partial charge in [0.25, 0.3) is 0 Å². The molecule has 1 aliphatic rings. The molecule has 1 aliphatic carbocycles. The van der Waals surface area contributed by atoms with Gasteiger partial charge in [0.05, 0.1) is 0 Å². The minimum Gasteiger partial charge on any atom is -0.399 e. The molecule has 1 fully saturated rings. The molecule has 0 bridgehead atoms. The third-order valence-electron chi connectivity index (χ3n) is 3.62. The molecule has 0 saturated heterocycles. The molecule has 0 heterocycles. The third-order valence-corrected chi connectivity index (χ3v) is 3.62. The van der Waals surface area contributed by atoms with Crippen molar-refractivity contribution in [2.45, 2.75) is 31.6 Å². The molecule has 0 spiro atoms. The summed E-state index contributed by atoms with van der Waals surface area (Å²) >= 11 is 0. The summed E-state index contributed by atoms with van der Waals surface area (Å²) in [6.45, 7) is 0.